The van der Waals surface area contributed by atoms with Gasteiger partial charge in [-0.25, -0.2) is 0 Å². The summed E-state index contributed by atoms with van der Waals surface area (Å²) in [6.45, 7) is 4.26. The molecule has 220 valence electrons. The van der Waals surface area contributed by atoms with E-state index in [4.69, 9.17) is 14.2 Å². The molecule has 2 aliphatic rings. The van der Waals surface area contributed by atoms with Crippen LogP contribution in [0, 0.1) is 11.8 Å². The largest absolute Gasteiger partial charge is 0.508 e. The molecule has 7 nitrogen and oxygen atoms in total. The third-order valence-electron chi connectivity index (χ3n) is 7.51. The maximum absolute atomic E-state index is 13.6. The molecular weight excluding hydrogens is 558 g/mol. The van der Waals surface area contributed by atoms with Gasteiger partial charge >= 0.3 is 5.97 Å². The van der Waals surface area contributed by atoms with Crippen LogP contribution >= 0.6 is 21.6 Å². The lowest BCUT2D eigenvalue weighted by molar-refractivity contribution is -0.151. The number of phenols is 1. The quantitative estimate of drug-likeness (QED) is 0.236. The van der Waals surface area contributed by atoms with Crippen molar-refractivity contribution in [2.75, 3.05) is 25.2 Å². The fourth-order valence-corrected chi connectivity index (χ4v) is 8.23. The average molecular weight is 598 g/mol. The number of methoxy groups -OCH3 is 1. The SMILES string of the molecule is CCCC[C@@H]1[C@@H](OC(C)=O)CC(=O)C[C@H](c2ccc(Oc3cccc(O)c3)c(OC)c2)CSSC[C@@H]1C1=CCN=C1. The van der Waals surface area contributed by atoms with E-state index >= 15 is 0 Å². The van der Waals surface area contributed by atoms with Crippen molar-refractivity contribution < 1.29 is 28.9 Å². The van der Waals surface area contributed by atoms with Crippen molar-refractivity contribution in [1.29, 1.82) is 0 Å². The fraction of sp³-hybridized carbons (Fsp3) is 0.469. The maximum atomic E-state index is 13.6. The number of allylic oxidation sites excluding steroid dienone is 1. The molecule has 1 N–H and O–H groups in total. The number of nitrogens with zero attached hydrogens (tertiary/aromatic N) is 1. The third-order valence-corrected chi connectivity index (χ3v) is 10.0. The second-order valence-corrected chi connectivity index (χ2v) is 13.0. The van der Waals surface area contributed by atoms with Gasteiger partial charge in [0.15, 0.2) is 11.5 Å². The second-order valence-electron chi connectivity index (χ2n) is 10.5. The molecule has 0 aliphatic carbocycles. The normalized spacial score (nSPS) is 23.4. The van der Waals surface area contributed by atoms with Crippen LogP contribution in [0.5, 0.6) is 23.0 Å². The number of aliphatic imine (C=N–C) groups is 1. The van der Waals surface area contributed by atoms with Gasteiger partial charge in [0.2, 0.25) is 0 Å². The van der Waals surface area contributed by atoms with E-state index in [-0.39, 0.29) is 41.7 Å². The van der Waals surface area contributed by atoms with Crippen LogP contribution in [0.2, 0.25) is 0 Å². The number of hydrogen-bond donors (Lipinski definition) is 1. The smallest absolute Gasteiger partial charge is 0.302 e. The molecule has 1 fully saturated rings. The van der Waals surface area contributed by atoms with Gasteiger partial charge in [-0.05, 0) is 41.8 Å². The van der Waals surface area contributed by atoms with E-state index in [1.54, 1.807) is 36.1 Å². The van der Waals surface area contributed by atoms with E-state index in [1.807, 2.05) is 35.2 Å². The number of carbonyl (C=O) groups excluding carboxylic acids is 2. The molecule has 2 aliphatic heterocycles. The van der Waals surface area contributed by atoms with Crippen molar-refractivity contribution in [3.8, 4) is 23.0 Å². The predicted molar refractivity (Wildman–Crippen MR) is 167 cm³/mol. The van der Waals surface area contributed by atoms with Crippen LogP contribution in [0.3, 0.4) is 0 Å². The number of phenolic OH excluding ortho intramolecular Hbond substituents is 1. The summed E-state index contributed by atoms with van der Waals surface area (Å²) in [5.74, 6) is 3.21. The molecular formula is C32H39NO6S2. The number of carbonyl (C=O) groups is 2. The molecule has 1 saturated heterocycles. The fourth-order valence-electron chi connectivity index (χ4n) is 5.47. The first-order chi connectivity index (χ1) is 19.9. The maximum Gasteiger partial charge on any atom is 0.302 e. The summed E-state index contributed by atoms with van der Waals surface area (Å²) in [7, 11) is 5.18. The molecule has 0 saturated carbocycles. The molecule has 4 atom stereocenters. The Bertz CT molecular complexity index is 1260. The van der Waals surface area contributed by atoms with Crippen molar-refractivity contribution >= 4 is 39.6 Å². The van der Waals surface area contributed by atoms with Crippen molar-refractivity contribution in [3.63, 3.8) is 0 Å². The van der Waals surface area contributed by atoms with Crippen LogP contribution in [0.4, 0.5) is 0 Å². The van der Waals surface area contributed by atoms with Crippen molar-refractivity contribution in [3.05, 3.63) is 59.7 Å². The topological polar surface area (TPSA) is 94.4 Å². The van der Waals surface area contributed by atoms with E-state index in [2.05, 4.69) is 18.0 Å². The molecule has 2 aromatic rings. The number of aromatic hydroxyl groups is 1. The number of unbranched alkanes of at least 4 members (excludes halogenated alkanes) is 1. The Balaban J connectivity index is 1.59. The van der Waals surface area contributed by atoms with Crippen LogP contribution in [-0.4, -0.2) is 54.3 Å². The third kappa shape index (κ3) is 8.79. The first kappa shape index (κ1) is 31.0. The first-order valence-corrected chi connectivity index (χ1v) is 16.6. The highest BCUT2D eigenvalue weighted by molar-refractivity contribution is 8.76. The summed E-state index contributed by atoms with van der Waals surface area (Å²) in [6.07, 6.45) is 7.14. The van der Waals surface area contributed by atoms with E-state index in [0.717, 1.165) is 36.3 Å². The Morgan fingerprint density at radius 3 is 2.63 bits per heavy atom. The van der Waals surface area contributed by atoms with E-state index < -0.39 is 6.10 Å². The van der Waals surface area contributed by atoms with Gasteiger partial charge < -0.3 is 19.3 Å². The monoisotopic (exact) mass is 597 g/mol. The van der Waals surface area contributed by atoms with E-state index in [1.165, 1.54) is 18.6 Å². The average Bonchev–Trinajstić information content (AvgIpc) is 3.47. The lowest BCUT2D eigenvalue weighted by Gasteiger charge is -2.33. The molecule has 0 aromatic heterocycles. The highest BCUT2D eigenvalue weighted by Crippen LogP contribution is 2.42. The molecule has 2 aromatic carbocycles. The zero-order chi connectivity index (χ0) is 29.2. The Morgan fingerprint density at radius 1 is 1.10 bits per heavy atom. The highest BCUT2D eigenvalue weighted by atomic mass is 33.1. The molecule has 0 radical (unpaired) electrons. The van der Waals surface area contributed by atoms with Gasteiger partial charge in [-0.15, -0.1) is 0 Å². The molecule has 0 unspecified atom stereocenters. The number of rotatable bonds is 9. The molecule has 0 bridgehead atoms. The standard InChI is InChI=1S/C32H39NO6S2/c1-4-5-9-28-29(23-12-13-33-18-23)20-41-40-19-24(14-26(36)17-31(28)38-21(2)34)22-10-11-30(32(15-22)37-3)39-27-8-6-7-25(35)16-27/h6-8,10-12,15-16,18,24,28-29,31,35H,4-5,9,13-14,17,19-20H2,1-3H3/t24-,28-,29+,31-/m0/s1. The van der Waals surface area contributed by atoms with Gasteiger partial charge in [0.1, 0.15) is 23.4 Å². The Kier molecular flexibility index (Phi) is 11.6. The summed E-state index contributed by atoms with van der Waals surface area (Å²) in [6, 6.07) is 12.3. The zero-order valence-electron chi connectivity index (χ0n) is 23.9. The number of benzene rings is 2. The van der Waals surface area contributed by atoms with Crippen molar-refractivity contribution in [1.82, 2.24) is 0 Å². The first-order valence-electron chi connectivity index (χ1n) is 14.2. The predicted octanol–water partition coefficient (Wildman–Crippen LogP) is 7.39. The van der Waals surface area contributed by atoms with Crippen LogP contribution in [0.1, 0.15) is 57.4 Å². The van der Waals surface area contributed by atoms with Gasteiger partial charge in [0, 0.05) is 61.3 Å². The van der Waals surface area contributed by atoms with Gasteiger partial charge in [-0.3, -0.25) is 14.6 Å². The lowest BCUT2D eigenvalue weighted by Crippen LogP contribution is -2.36. The summed E-state index contributed by atoms with van der Waals surface area (Å²) in [4.78, 5) is 30.2. The summed E-state index contributed by atoms with van der Waals surface area (Å²) in [5, 5.41) is 9.79. The van der Waals surface area contributed by atoms with Gasteiger partial charge in [-0.2, -0.15) is 0 Å². The van der Waals surface area contributed by atoms with Gasteiger partial charge in [0.05, 0.1) is 13.7 Å². The van der Waals surface area contributed by atoms with Crippen molar-refractivity contribution in [2.24, 2.45) is 16.8 Å². The molecule has 0 amide bonds. The van der Waals surface area contributed by atoms with Crippen LogP contribution in [-0.2, 0) is 14.3 Å². The molecule has 4 rings (SSSR count). The molecule has 2 heterocycles. The van der Waals surface area contributed by atoms with Gasteiger partial charge in [0.25, 0.3) is 0 Å². The minimum atomic E-state index is -0.469. The summed E-state index contributed by atoms with van der Waals surface area (Å²) >= 11 is 0. The minimum absolute atomic E-state index is 0.0420. The van der Waals surface area contributed by atoms with Crippen molar-refractivity contribution in [2.45, 2.75) is 58.0 Å². The second kappa shape index (κ2) is 15.4. The summed E-state index contributed by atoms with van der Waals surface area (Å²) in [5.41, 5.74) is 2.17. The summed E-state index contributed by atoms with van der Waals surface area (Å²) < 4.78 is 17.5. The highest BCUT2D eigenvalue weighted by Gasteiger charge is 2.36. The molecule has 9 heteroatoms. The Morgan fingerprint density at radius 2 is 1.93 bits per heavy atom. The Labute approximate surface area is 250 Å². The number of Topliss-reactive ketones (excluding diaryl/α,β-unsaturated/α-hetero) is 1. The lowest BCUT2D eigenvalue weighted by atomic mass is 9.78. The van der Waals surface area contributed by atoms with Crippen LogP contribution in [0.15, 0.2) is 59.1 Å². The molecule has 0 spiro atoms. The van der Waals surface area contributed by atoms with E-state index in [0.29, 0.717) is 30.2 Å². The molecule has 41 heavy (non-hydrogen) atoms. The number of ketones is 1. The van der Waals surface area contributed by atoms with Crippen LogP contribution < -0.4 is 9.47 Å². The Hall–Kier alpha value is -2.91. The minimum Gasteiger partial charge on any atom is -0.508 e. The number of hydrogen-bond acceptors (Lipinski definition) is 9. The van der Waals surface area contributed by atoms with Gasteiger partial charge in [-0.1, -0.05) is 59.6 Å². The van der Waals surface area contributed by atoms with Crippen LogP contribution in [0.25, 0.3) is 0 Å². The number of ether oxygens (including phenoxy) is 3. The zero-order valence-corrected chi connectivity index (χ0v) is 25.5. The number of esters is 1. The van der Waals surface area contributed by atoms with E-state index in [9.17, 15) is 14.7 Å².